The molecule has 0 aliphatic heterocycles. The first-order valence-corrected chi connectivity index (χ1v) is 14.8. The Kier molecular flexibility index (Phi) is 5.51. The maximum absolute atomic E-state index is 4.53. The second-order valence-corrected chi connectivity index (χ2v) is 15.6. The molecule has 0 N–H and O–H groups in total. The Bertz CT molecular complexity index is 1140. The van der Waals surface area contributed by atoms with Crippen molar-refractivity contribution in [3.05, 3.63) is 140 Å². The number of aromatic nitrogens is 1. The van der Waals surface area contributed by atoms with Crippen molar-refractivity contribution in [2.75, 3.05) is 0 Å². The molecule has 1 heterocycles. The van der Waals surface area contributed by atoms with Crippen LogP contribution in [0, 0.1) is 0 Å². The number of hydrogen-bond donors (Lipinski definition) is 0. The average Bonchev–Trinajstić information content (AvgIpc) is 2.88. The van der Waals surface area contributed by atoms with E-state index in [1.165, 1.54) is 17.6 Å². The van der Waals surface area contributed by atoms with Crippen LogP contribution in [0.5, 0.6) is 0 Å². The summed E-state index contributed by atoms with van der Waals surface area (Å²) < 4.78 is 5.73. The Morgan fingerprint density at radius 3 is 1.23 bits per heavy atom. The van der Waals surface area contributed by atoms with E-state index in [-0.39, 0.29) is 0 Å². The molecule has 4 aromatic carbocycles. The van der Waals surface area contributed by atoms with Crippen molar-refractivity contribution in [1.29, 1.82) is 0 Å². The first-order valence-electron chi connectivity index (χ1n) is 10.6. The van der Waals surface area contributed by atoms with Gasteiger partial charge in [0, 0.05) is 0 Å². The van der Waals surface area contributed by atoms with E-state index in [0.717, 1.165) is 11.3 Å². The van der Waals surface area contributed by atoms with Gasteiger partial charge in [-0.2, -0.15) is 0 Å². The van der Waals surface area contributed by atoms with Crippen LogP contribution >= 0.6 is 0 Å². The summed E-state index contributed by atoms with van der Waals surface area (Å²) in [6.07, 6.45) is 1.85. The van der Waals surface area contributed by atoms with E-state index < -0.39 is 13.3 Å². The van der Waals surface area contributed by atoms with Crippen LogP contribution in [0.25, 0.3) is 11.3 Å². The van der Waals surface area contributed by atoms with Crippen LogP contribution < -0.4 is 17.6 Å². The van der Waals surface area contributed by atoms with E-state index in [9.17, 15) is 0 Å². The third kappa shape index (κ3) is 3.62. The normalized spacial score (nSPS) is 11.2. The van der Waals surface area contributed by atoms with Gasteiger partial charge in [-0.15, -0.1) is 0 Å². The summed E-state index contributed by atoms with van der Waals surface area (Å²) in [7, 11) is 0. The summed E-state index contributed by atoms with van der Waals surface area (Å²) in [4.78, 5) is 4.53. The fourth-order valence-corrected chi connectivity index (χ4v) is 14.4. The monoisotopic (exact) mass is 459 g/mol. The maximum atomic E-state index is 4.53. The molecule has 148 valence electrons. The third-order valence-electron chi connectivity index (χ3n) is 5.90. The molecule has 0 spiro atoms. The van der Waals surface area contributed by atoms with Gasteiger partial charge >= 0.3 is 187 Å². The van der Waals surface area contributed by atoms with Gasteiger partial charge in [0.25, 0.3) is 0 Å². The number of rotatable bonds is 5. The van der Waals surface area contributed by atoms with Crippen LogP contribution in [0.4, 0.5) is 0 Å². The number of hydrogen-bond acceptors (Lipinski definition) is 1. The van der Waals surface area contributed by atoms with Crippen LogP contribution in [0.3, 0.4) is 0 Å². The van der Waals surface area contributed by atoms with Crippen molar-refractivity contribution < 1.29 is 0 Å². The molecule has 31 heavy (non-hydrogen) atoms. The molecule has 0 unspecified atom stereocenters. The molecule has 0 amide bonds. The van der Waals surface area contributed by atoms with Crippen LogP contribution in [-0.4, -0.2) is 18.3 Å². The van der Waals surface area contributed by atoms with Gasteiger partial charge in [0.15, 0.2) is 0 Å². The van der Waals surface area contributed by atoms with E-state index in [1.807, 2.05) is 18.3 Å². The summed E-state index contributed by atoms with van der Waals surface area (Å²) in [5.74, 6) is 0. The van der Waals surface area contributed by atoms with E-state index in [4.69, 9.17) is 0 Å². The van der Waals surface area contributed by atoms with Crippen LogP contribution in [0.2, 0.25) is 0 Å². The van der Waals surface area contributed by atoms with E-state index in [0.29, 0.717) is 0 Å². The topological polar surface area (TPSA) is 12.9 Å². The predicted octanol–water partition coefficient (Wildman–Crippen LogP) is 4.13. The molecule has 0 aliphatic rings. The van der Waals surface area contributed by atoms with Crippen LogP contribution in [0.1, 0.15) is 0 Å². The molecule has 0 saturated carbocycles. The molecule has 0 saturated heterocycles. The molecule has 0 aliphatic carbocycles. The molecular formula is C29H23GeN. The Labute approximate surface area is 186 Å². The second-order valence-electron chi connectivity index (χ2n) is 7.64. The minimum absolute atomic E-state index is 1.01. The molecule has 5 rings (SSSR count). The standard InChI is InChI=1S/C29H23GeN/c1-4-12-25(13-5-1)30(26-14-6-2-7-15-26,27-16-8-3-9-17-27)28-21-19-24(20-22-28)29-18-10-11-23-31-29/h1-23H. The van der Waals surface area contributed by atoms with Gasteiger partial charge < -0.3 is 0 Å². The Hall–Kier alpha value is -3.43. The minimum atomic E-state index is -3.16. The van der Waals surface area contributed by atoms with Crippen molar-refractivity contribution in [2.24, 2.45) is 0 Å². The Balaban J connectivity index is 1.78. The first kappa shape index (κ1) is 19.5. The first-order chi connectivity index (χ1) is 15.4. The van der Waals surface area contributed by atoms with Crippen molar-refractivity contribution in [2.45, 2.75) is 0 Å². The molecule has 2 heteroatoms. The van der Waals surface area contributed by atoms with E-state index >= 15 is 0 Å². The molecule has 1 aromatic heterocycles. The van der Waals surface area contributed by atoms with Crippen molar-refractivity contribution in [3.8, 4) is 11.3 Å². The number of pyridine rings is 1. The summed E-state index contributed by atoms with van der Waals surface area (Å²) in [5, 5.41) is 0. The van der Waals surface area contributed by atoms with Crippen molar-refractivity contribution >= 4 is 30.8 Å². The quantitative estimate of drug-likeness (QED) is 0.362. The second kappa shape index (κ2) is 8.75. The van der Waals surface area contributed by atoms with Gasteiger partial charge in [0.05, 0.1) is 0 Å². The zero-order valence-corrected chi connectivity index (χ0v) is 19.3. The van der Waals surface area contributed by atoms with Gasteiger partial charge in [0.2, 0.25) is 0 Å². The third-order valence-corrected chi connectivity index (χ3v) is 16.0. The van der Waals surface area contributed by atoms with Crippen molar-refractivity contribution in [1.82, 2.24) is 4.98 Å². The van der Waals surface area contributed by atoms with E-state index in [2.05, 4.69) is 126 Å². The molecular weight excluding hydrogens is 435 g/mol. The summed E-state index contributed by atoms with van der Waals surface area (Å²) in [5.41, 5.74) is 2.15. The Morgan fingerprint density at radius 2 is 0.806 bits per heavy atom. The summed E-state index contributed by atoms with van der Waals surface area (Å²) in [6.45, 7) is 0. The fraction of sp³-hybridized carbons (Fsp3) is 0. The zero-order valence-electron chi connectivity index (χ0n) is 17.2. The summed E-state index contributed by atoms with van der Waals surface area (Å²) in [6, 6.07) is 48.4. The Morgan fingerprint density at radius 1 is 0.387 bits per heavy atom. The van der Waals surface area contributed by atoms with Crippen LogP contribution in [-0.2, 0) is 0 Å². The summed E-state index contributed by atoms with van der Waals surface area (Å²) >= 11 is -3.16. The van der Waals surface area contributed by atoms with Gasteiger partial charge in [0.1, 0.15) is 0 Å². The molecule has 1 nitrogen and oxygen atoms in total. The zero-order chi connectivity index (χ0) is 20.9. The number of benzene rings is 4. The molecule has 0 fully saturated rings. The fourth-order valence-electron chi connectivity index (χ4n) is 4.49. The SMILES string of the molecule is c1cc[c]([Ge]([c]2ccccc2)([c]2ccccc2)[c]2ccc(-c3ccccn3)cc2)cc1. The van der Waals surface area contributed by atoms with Gasteiger partial charge in [-0.1, -0.05) is 0 Å². The van der Waals surface area contributed by atoms with Gasteiger partial charge in [-0.05, 0) is 0 Å². The molecule has 0 atom stereocenters. The average molecular weight is 458 g/mol. The number of nitrogens with zero attached hydrogens (tertiary/aromatic N) is 1. The molecule has 0 bridgehead atoms. The van der Waals surface area contributed by atoms with E-state index in [1.54, 1.807) is 0 Å². The van der Waals surface area contributed by atoms with Gasteiger partial charge in [-0.25, -0.2) is 0 Å². The van der Waals surface area contributed by atoms with Crippen LogP contribution in [0.15, 0.2) is 140 Å². The molecule has 5 aromatic rings. The van der Waals surface area contributed by atoms with Gasteiger partial charge in [-0.3, -0.25) is 0 Å². The van der Waals surface area contributed by atoms with Crippen molar-refractivity contribution in [3.63, 3.8) is 0 Å². The predicted molar refractivity (Wildman–Crippen MR) is 133 cm³/mol. The molecule has 0 radical (unpaired) electrons.